The van der Waals surface area contributed by atoms with Crippen molar-refractivity contribution in [3.05, 3.63) is 63.6 Å². The maximum atomic E-state index is 11.2. The number of aryl methyl sites for hydroxylation is 4. The van der Waals surface area contributed by atoms with E-state index in [1.54, 1.807) is 4.52 Å². The second-order valence-electron chi connectivity index (χ2n) is 5.95. The van der Waals surface area contributed by atoms with Crippen molar-refractivity contribution in [2.45, 2.75) is 34.1 Å². The maximum absolute atomic E-state index is 11.2. The zero-order valence-corrected chi connectivity index (χ0v) is 13.7. The summed E-state index contributed by atoms with van der Waals surface area (Å²) in [6.45, 7) is 8.00. The van der Waals surface area contributed by atoms with Crippen LogP contribution >= 0.6 is 0 Å². The van der Waals surface area contributed by atoms with Gasteiger partial charge in [-0.1, -0.05) is 23.8 Å². The molecule has 0 amide bonds. The molecule has 3 rings (SSSR count). The second kappa shape index (κ2) is 5.50. The molecule has 3 aromatic rings. The highest BCUT2D eigenvalue weighted by Crippen LogP contribution is 2.22. The Labute approximate surface area is 134 Å². The first-order valence-corrected chi connectivity index (χ1v) is 7.49. The molecule has 0 fully saturated rings. The van der Waals surface area contributed by atoms with Crippen LogP contribution in [0.15, 0.2) is 24.4 Å². The Morgan fingerprint density at radius 1 is 1.22 bits per heavy atom. The van der Waals surface area contributed by atoms with E-state index in [1.165, 1.54) is 22.9 Å². The Hall–Kier alpha value is -2.69. The summed E-state index contributed by atoms with van der Waals surface area (Å²) >= 11 is 0. The summed E-state index contributed by atoms with van der Waals surface area (Å²) in [4.78, 5) is 15.6. The molecule has 5 nitrogen and oxygen atoms in total. The number of hydrogen-bond donors (Lipinski definition) is 0. The number of nitrogens with zero attached hydrogens (tertiary/aromatic N) is 3. The predicted molar refractivity (Wildman–Crippen MR) is 85.5 cm³/mol. The van der Waals surface area contributed by atoms with Crippen molar-refractivity contribution in [3.63, 3.8) is 0 Å². The van der Waals surface area contributed by atoms with E-state index in [1.807, 2.05) is 13.8 Å². The molecule has 0 N–H and O–H groups in total. The fraction of sp³-hybridized carbons (Fsp3) is 0.278. The number of benzene rings is 1. The van der Waals surface area contributed by atoms with E-state index in [2.05, 4.69) is 42.1 Å². The lowest BCUT2D eigenvalue weighted by Gasteiger charge is -2.14. The van der Waals surface area contributed by atoms with Gasteiger partial charge < -0.3 is 9.90 Å². The number of carbonyl (C=O) groups is 1. The average Bonchev–Trinajstić information content (AvgIpc) is 2.91. The quantitative estimate of drug-likeness (QED) is 0.741. The van der Waals surface area contributed by atoms with Gasteiger partial charge in [-0.05, 0) is 44.4 Å². The Morgan fingerprint density at radius 3 is 2.65 bits per heavy atom. The lowest BCUT2D eigenvalue weighted by atomic mass is 9.97. The summed E-state index contributed by atoms with van der Waals surface area (Å²) in [5.41, 5.74) is 6.83. The molecule has 23 heavy (non-hydrogen) atoms. The largest absolute Gasteiger partial charge is 0.545 e. The minimum Gasteiger partial charge on any atom is -0.545 e. The number of hydrogen-bond acceptors (Lipinski definition) is 4. The van der Waals surface area contributed by atoms with Gasteiger partial charge in [0.2, 0.25) is 0 Å². The van der Waals surface area contributed by atoms with Crippen molar-refractivity contribution in [2.24, 2.45) is 0 Å². The highest BCUT2D eigenvalue weighted by Gasteiger charge is 2.15. The maximum Gasteiger partial charge on any atom is 0.164 e. The molecule has 0 unspecified atom stereocenters. The van der Waals surface area contributed by atoms with Gasteiger partial charge in [0.15, 0.2) is 5.65 Å². The summed E-state index contributed by atoms with van der Waals surface area (Å²) in [5.74, 6) is -1.26. The van der Waals surface area contributed by atoms with Crippen LogP contribution in [0, 0.1) is 27.7 Å². The van der Waals surface area contributed by atoms with Crippen LogP contribution in [0.3, 0.4) is 0 Å². The van der Waals surface area contributed by atoms with Crippen molar-refractivity contribution in [3.8, 4) is 0 Å². The molecule has 0 bridgehead atoms. The van der Waals surface area contributed by atoms with E-state index in [4.69, 9.17) is 0 Å². The molecule has 0 saturated heterocycles. The zero-order valence-electron chi connectivity index (χ0n) is 13.7. The number of aromatic nitrogens is 3. The van der Waals surface area contributed by atoms with Crippen LogP contribution in [0.5, 0.6) is 0 Å². The number of carboxylic acids is 1. The SMILES string of the molecule is Cc1ccc(C)c(Cc2c(C)nc3c(C(=O)[O-])cnn3c2C)c1. The normalized spacial score (nSPS) is 11.1. The van der Waals surface area contributed by atoms with Crippen molar-refractivity contribution in [2.75, 3.05) is 0 Å². The topological polar surface area (TPSA) is 70.3 Å². The van der Waals surface area contributed by atoms with Gasteiger partial charge in [-0.15, -0.1) is 0 Å². The van der Waals surface area contributed by atoms with Gasteiger partial charge in [-0.3, -0.25) is 0 Å². The van der Waals surface area contributed by atoms with Crippen LogP contribution in [0.25, 0.3) is 5.65 Å². The predicted octanol–water partition coefficient (Wildman–Crippen LogP) is 1.92. The Balaban J connectivity index is 2.15. The van der Waals surface area contributed by atoms with Gasteiger partial charge in [0.1, 0.15) is 0 Å². The first-order chi connectivity index (χ1) is 10.9. The van der Waals surface area contributed by atoms with Crippen molar-refractivity contribution < 1.29 is 9.90 Å². The number of carbonyl (C=O) groups excluding carboxylic acids is 1. The van der Waals surface area contributed by atoms with Gasteiger partial charge in [0, 0.05) is 17.8 Å². The summed E-state index contributed by atoms with van der Waals surface area (Å²) in [5, 5.41) is 15.3. The van der Waals surface area contributed by atoms with Crippen LogP contribution in [-0.4, -0.2) is 20.6 Å². The third-order valence-electron chi connectivity index (χ3n) is 4.30. The number of rotatable bonds is 3. The second-order valence-corrected chi connectivity index (χ2v) is 5.95. The van der Waals surface area contributed by atoms with E-state index >= 15 is 0 Å². The average molecular weight is 308 g/mol. The third kappa shape index (κ3) is 2.59. The smallest absolute Gasteiger partial charge is 0.164 e. The Morgan fingerprint density at radius 2 is 1.96 bits per heavy atom. The van der Waals surface area contributed by atoms with Crippen LogP contribution in [0.2, 0.25) is 0 Å². The summed E-state index contributed by atoms with van der Waals surface area (Å²) in [6.07, 6.45) is 2.04. The molecule has 0 saturated carbocycles. The van der Waals surface area contributed by atoms with Crippen molar-refractivity contribution in [1.82, 2.24) is 14.6 Å². The van der Waals surface area contributed by atoms with Gasteiger partial charge in [-0.25, -0.2) is 9.50 Å². The first kappa shape index (κ1) is 15.2. The molecule has 2 aromatic heterocycles. The number of fused-ring (bicyclic) bond motifs is 1. The lowest BCUT2D eigenvalue weighted by Crippen LogP contribution is -2.22. The van der Waals surface area contributed by atoms with E-state index in [9.17, 15) is 9.90 Å². The van der Waals surface area contributed by atoms with Crippen LogP contribution in [0.4, 0.5) is 0 Å². The first-order valence-electron chi connectivity index (χ1n) is 7.49. The van der Waals surface area contributed by atoms with Crippen LogP contribution in [0.1, 0.15) is 44.0 Å². The number of carboxylic acid groups (broad SMARTS) is 1. The molecule has 1 aromatic carbocycles. The highest BCUT2D eigenvalue weighted by atomic mass is 16.4. The van der Waals surface area contributed by atoms with E-state index in [-0.39, 0.29) is 5.56 Å². The molecule has 0 aliphatic carbocycles. The van der Waals surface area contributed by atoms with E-state index < -0.39 is 5.97 Å². The highest BCUT2D eigenvalue weighted by molar-refractivity contribution is 5.92. The minimum atomic E-state index is -1.26. The fourth-order valence-electron chi connectivity index (χ4n) is 2.89. The molecule has 2 heterocycles. The standard InChI is InChI=1S/C18H19N3O2/c1-10-5-6-11(2)14(7-10)8-15-12(3)20-17-16(18(22)23)9-19-21(17)13(15)4/h5-7,9H,8H2,1-4H3,(H,22,23)/p-1. The van der Waals surface area contributed by atoms with Crippen LogP contribution < -0.4 is 5.11 Å². The van der Waals surface area contributed by atoms with Gasteiger partial charge in [0.25, 0.3) is 0 Å². The Kier molecular flexibility index (Phi) is 3.64. The monoisotopic (exact) mass is 308 g/mol. The molecule has 118 valence electrons. The number of aromatic carboxylic acids is 1. The molecular weight excluding hydrogens is 290 g/mol. The third-order valence-corrected chi connectivity index (χ3v) is 4.30. The summed E-state index contributed by atoms with van der Waals surface area (Å²) < 4.78 is 1.58. The van der Waals surface area contributed by atoms with E-state index in [0.717, 1.165) is 23.4 Å². The zero-order chi connectivity index (χ0) is 16.7. The molecule has 5 heteroatoms. The van der Waals surface area contributed by atoms with E-state index in [0.29, 0.717) is 5.65 Å². The Bertz CT molecular complexity index is 926. The fourth-order valence-corrected chi connectivity index (χ4v) is 2.89. The molecule has 0 spiro atoms. The van der Waals surface area contributed by atoms with Gasteiger partial charge >= 0.3 is 0 Å². The molecule has 0 atom stereocenters. The summed E-state index contributed by atoms with van der Waals surface area (Å²) in [7, 11) is 0. The minimum absolute atomic E-state index is 0.0227. The van der Waals surface area contributed by atoms with Crippen molar-refractivity contribution in [1.29, 1.82) is 0 Å². The molecule has 0 aliphatic heterocycles. The van der Waals surface area contributed by atoms with Crippen LogP contribution in [-0.2, 0) is 6.42 Å². The molecule has 0 aliphatic rings. The van der Waals surface area contributed by atoms with Crippen molar-refractivity contribution >= 4 is 11.6 Å². The van der Waals surface area contributed by atoms with Gasteiger partial charge in [-0.2, -0.15) is 5.10 Å². The molecular formula is C18H18N3O2-. The van der Waals surface area contributed by atoms with Gasteiger partial charge in [0.05, 0.1) is 17.7 Å². The summed E-state index contributed by atoms with van der Waals surface area (Å²) in [6, 6.07) is 6.39. The lowest BCUT2D eigenvalue weighted by molar-refractivity contribution is -0.254. The molecule has 0 radical (unpaired) electrons.